The molecule has 9 heteroatoms. The minimum Gasteiger partial charge on any atom is -0.369 e. The van der Waals surface area contributed by atoms with Gasteiger partial charge in [0, 0.05) is 74.7 Å². The molecular weight excluding hydrogens is 584 g/mol. The van der Waals surface area contributed by atoms with Gasteiger partial charge < -0.3 is 25.8 Å². The predicted molar refractivity (Wildman–Crippen MR) is 181 cm³/mol. The van der Waals surface area contributed by atoms with Gasteiger partial charge in [0.15, 0.2) is 0 Å². The van der Waals surface area contributed by atoms with E-state index in [9.17, 15) is 18.4 Å². The highest BCUT2D eigenvalue weighted by atomic mass is 19.1. The van der Waals surface area contributed by atoms with Crippen molar-refractivity contribution in [3.05, 3.63) is 100 Å². The fourth-order valence-electron chi connectivity index (χ4n) is 5.98. The highest BCUT2D eigenvalue weighted by Gasteiger charge is 2.22. The van der Waals surface area contributed by atoms with Crippen molar-refractivity contribution in [2.45, 2.75) is 65.5 Å². The van der Waals surface area contributed by atoms with Crippen LogP contribution in [0.1, 0.15) is 77.4 Å². The van der Waals surface area contributed by atoms with Gasteiger partial charge in [0.25, 0.3) is 11.8 Å². The fourth-order valence-corrected chi connectivity index (χ4v) is 5.98. The van der Waals surface area contributed by atoms with Crippen molar-refractivity contribution < 1.29 is 18.4 Å². The molecular formula is C37H49F2N5O2. The Morgan fingerprint density at radius 2 is 1.54 bits per heavy atom. The lowest BCUT2D eigenvalue weighted by Gasteiger charge is -2.30. The van der Waals surface area contributed by atoms with E-state index < -0.39 is 17.7 Å². The second kappa shape index (κ2) is 17.8. The number of aryl methyl sites for hydroxylation is 1. The molecule has 1 heterocycles. The molecule has 4 rings (SSSR count). The van der Waals surface area contributed by atoms with Gasteiger partial charge in [0.2, 0.25) is 0 Å². The molecule has 7 nitrogen and oxygen atoms in total. The summed E-state index contributed by atoms with van der Waals surface area (Å²) >= 11 is 0. The van der Waals surface area contributed by atoms with Gasteiger partial charge in [-0.25, -0.2) is 8.78 Å². The van der Waals surface area contributed by atoms with Crippen molar-refractivity contribution in [3.8, 4) is 0 Å². The molecule has 2 amide bonds. The van der Waals surface area contributed by atoms with Crippen LogP contribution in [-0.2, 0) is 19.4 Å². The monoisotopic (exact) mass is 633 g/mol. The zero-order valence-corrected chi connectivity index (χ0v) is 27.5. The maximum Gasteiger partial charge on any atom is 0.253 e. The third-order valence-electron chi connectivity index (χ3n) is 8.32. The van der Waals surface area contributed by atoms with Crippen LogP contribution in [0.4, 0.5) is 14.5 Å². The van der Waals surface area contributed by atoms with Gasteiger partial charge in [-0.2, -0.15) is 0 Å². The summed E-state index contributed by atoms with van der Waals surface area (Å²) in [6.07, 6.45) is 3.46. The molecule has 0 spiro atoms. The van der Waals surface area contributed by atoms with Crippen LogP contribution in [0.25, 0.3) is 0 Å². The summed E-state index contributed by atoms with van der Waals surface area (Å²) in [7, 11) is 0. The Balaban J connectivity index is 1.56. The molecule has 248 valence electrons. The summed E-state index contributed by atoms with van der Waals surface area (Å²) < 4.78 is 28.2. The summed E-state index contributed by atoms with van der Waals surface area (Å²) in [5.74, 6) is -1.70. The molecule has 3 aromatic carbocycles. The minimum absolute atomic E-state index is 0.0853. The van der Waals surface area contributed by atoms with Crippen molar-refractivity contribution in [1.29, 1.82) is 0 Å². The second-order valence-corrected chi connectivity index (χ2v) is 12.1. The van der Waals surface area contributed by atoms with Crippen molar-refractivity contribution in [2.75, 3.05) is 50.7 Å². The first-order chi connectivity index (χ1) is 22.3. The zero-order chi connectivity index (χ0) is 32.9. The quantitative estimate of drug-likeness (QED) is 0.176. The number of carbonyl (C=O) groups is 2. The Bertz CT molecular complexity index is 1420. The number of piperazine rings is 1. The van der Waals surface area contributed by atoms with Crippen molar-refractivity contribution in [3.63, 3.8) is 0 Å². The van der Waals surface area contributed by atoms with E-state index in [-0.39, 0.29) is 18.2 Å². The van der Waals surface area contributed by atoms with Crippen LogP contribution in [0, 0.1) is 11.6 Å². The molecule has 1 atom stereocenters. The molecule has 0 aliphatic carbocycles. The van der Waals surface area contributed by atoms with E-state index in [1.165, 1.54) is 23.3 Å². The van der Waals surface area contributed by atoms with Crippen LogP contribution in [0.2, 0.25) is 0 Å². The third-order valence-corrected chi connectivity index (χ3v) is 8.32. The Morgan fingerprint density at radius 3 is 2.22 bits per heavy atom. The van der Waals surface area contributed by atoms with Crippen LogP contribution in [-0.4, -0.2) is 68.6 Å². The SMILES string of the molecule is CCCN(CCC)C(=O)c1cc(C(=O)N[C@H](CCNCc2cccc(CC)c2)Cc2cc(F)cc(F)c2)cc(N2CCNCC2)c1. The third kappa shape index (κ3) is 10.4. The molecule has 0 radical (unpaired) electrons. The van der Waals surface area contributed by atoms with Crippen LogP contribution in [0.3, 0.4) is 0 Å². The number of hydrogen-bond acceptors (Lipinski definition) is 5. The Hall–Kier alpha value is -3.82. The Kier molecular flexibility index (Phi) is 13.5. The molecule has 1 aliphatic heterocycles. The first kappa shape index (κ1) is 35.0. The molecule has 1 aliphatic rings. The molecule has 0 bridgehead atoms. The van der Waals surface area contributed by atoms with Crippen LogP contribution in [0.15, 0.2) is 60.7 Å². The molecule has 0 saturated carbocycles. The summed E-state index contributed by atoms with van der Waals surface area (Å²) in [4.78, 5) is 31.6. The Morgan fingerprint density at radius 1 is 0.870 bits per heavy atom. The van der Waals surface area contributed by atoms with Gasteiger partial charge in [-0.1, -0.05) is 45.0 Å². The number of nitrogens with one attached hydrogen (secondary N) is 3. The van der Waals surface area contributed by atoms with E-state index in [4.69, 9.17) is 0 Å². The first-order valence-corrected chi connectivity index (χ1v) is 16.7. The van der Waals surface area contributed by atoms with E-state index in [1.807, 2.05) is 30.9 Å². The fraction of sp³-hybridized carbons (Fsp3) is 0.459. The Labute approximate surface area is 272 Å². The largest absolute Gasteiger partial charge is 0.369 e. The highest BCUT2D eigenvalue weighted by molar-refractivity contribution is 6.01. The van der Waals surface area contributed by atoms with Gasteiger partial charge in [0.05, 0.1) is 0 Å². The number of amides is 2. The first-order valence-electron chi connectivity index (χ1n) is 16.7. The standard InChI is InChI=1S/C37H49F2N5O2/c1-4-14-44(15-5-2)37(46)31-22-30(23-35(24-31)43-16-12-40-13-17-43)36(45)42-34(21-29-19-32(38)25-33(39)20-29)10-11-41-26-28-9-7-8-27(6-3)18-28/h7-9,18-20,22-25,34,40-41H,4-6,10-17,21,26H2,1-3H3,(H,42,45)/t34-/m1/s1. The van der Waals surface area contributed by atoms with E-state index in [1.54, 1.807) is 6.07 Å². The van der Waals surface area contributed by atoms with Crippen LogP contribution in [0.5, 0.6) is 0 Å². The topological polar surface area (TPSA) is 76.7 Å². The number of nitrogens with zero attached hydrogens (tertiary/aromatic N) is 2. The van der Waals surface area contributed by atoms with Gasteiger partial charge in [0.1, 0.15) is 11.6 Å². The van der Waals surface area contributed by atoms with Crippen molar-refractivity contribution in [1.82, 2.24) is 20.9 Å². The summed E-state index contributed by atoms with van der Waals surface area (Å²) in [6, 6.07) is 16.9. The van der Waals surface area contributed by atoms with E-state index in [2.05, 4.69) is 52.0 Å². The smallest absolute Gasteiger partial charge is 0.253 e. The molecule has 0 unspecified atom stereocenters. The van der Waals surface area contributed by atoms with E-state index in [0.29, 0.717) is 49.3 Å². The van der Waals surface area contributed by atoms with Gasteiger partial charge in [-0.15, -0.1) is 0 Å². The summed E-state index contributed by atoms with van der Waals surface area (Å²) in [5, 5.41) is 9.94. The number of rotatable bonds is 16. The van der Waals surface area contributed by atoms with Gasteiger partial charge in [-0.05, 0) is 85.7 Å². The minimum atomic E-state index is -0.649. The van der Waals surface area contributed by atoms with E-state index >= 15 is 0 Å². The molecule has 1 fully saturated rings. The lowest BCUT2D eigenvalue weighted by molar-refractivity contribution is 0.0755. The molecule has 1 saturated heterocycles. The number of anilines is 1. The lowest BCUT2D eigenvalue weighted by Crippen LogP contribution is -2.44. The number of hydrogen-bond donors (Lipinski definition) is 3. The summed E-state index contributed by atoms with van der Waals surface area (Å²) in [5.41, 5.74) is 4.64. The number of carbonyl (C=O) groups excluding carboxylic acids is 2. The van der Waals surface area contributed by atoms with Crippen LogP contribution < -0.4 is 20.9 Å². The second-order valence-electron chi connectivity index (χ2n) is 12.1. The normalized spacial score (nSPS) is 13.8. The van der Waals surface area contributed by atoms with E-state index in [0.717, 1.165) is 57.2 Å². The highest BCUT2D eigenvalue weighted by Crippen LogP contribution is 2.22. The average Bonchev–Trinajstić information content (AvgIpc) is 3.06. The maximum absolute atomic E-state index is 14.1. The summed E-state index contributed by atoms with van der Waals surface area (Å²) in [6.45, 7) is 12.0. The molecule has 3 aromatic rings. The molecule has 3 N–H and O–H groups in total. The van der Waals surface area contributed by atoms with Gasteiger partial charge in [-0.3, -0.25) is 9.59 Å². The van der Waals surface area contributed by atoms with Crippen molar-refractivity contribution in [2.24, 2.45) is 0 Å². The average molecular weight is 634 g/mol. The van der Waals surface area contributed by atoms with Gasteiger partial charge >= 0.3 is 0 Å². The maximum atomic E-state index is 14.1. The predicted octanol–water partition coefficient (Wildman–Crippen LogP) is 5.72. The van der Waals surface area contributed by atoms with Crippen LogP contribution >= 0.6 is 0 Å². The van der Waals surface area contributed by atoms with Crippen molar-refractivity contribution >= 4 is 17.5 Å². The number of halogens is 2. The molecule has 0 aromatic heterocycles. The zero-order valence-electron chi connectivity index (χ0n) is 27.5. The number of benzene rings is 3. The molecule has 46 heavy (non-hydrogen) atoms. The lowest BCUT2D eigenvalue weighted by atomic mass is 10.0.